The Kier molecular flexibility index (Phi) is 4.65. The molecule has 1 aliphatic carbocycles. The molecule has 3 rings (SSSR count). The van der Waals surface area contributed by atoms with Gasteiger partial charge in [-0.3, -0.25) is 0 Å². The molecule has 0 bridgehead atoms. The van der Waals surface area contributed by atoms with E-state index in [0.29, 0.717) is 17.4 Å². The standard InChI is InChI=1S/C18H24N4O/c1-12-8-13(2)10-14(9-12)22-17-16(19)18(21-11-20-17)23-15-6-4-3-5-7-15/h8-11,15H,3-7,19H2,1-2H3,(H,20,21,22). The van der Waals surface area contributed by atoms with Gasteiger partial charge in [-0.2, -0.15) is 4.98 Å². The lowest BCUT2D eigenvalue weighted by molar-refractivity contribution is 0.149. The van der Waals surface area contributed by atoms with Crippen LogP contribution in [0.15, 0.2) is 24.5 Å². The molecule has 1 aromatic heterocycles. The predicted molar refractivity (Wildman–Crippen MR) is 93.1 cm³/mol. The summed E-state index contributed by atoms with van der Waals surface area (Å²) in [6, 6.07) is 6.26. The fourth-order valence-corrected chi connectivity index (χ4v) is 3.10. The van der Waals surface area contributed by atoms with Gasteiger partial charge in [0.25, 0.3) is 0 Å². The van der Waals surface area contributed by atoms with Crippen molar-refractivity contribution in [1.29, 1.82) is 0 Å². The maximum atomic E-state index is 6.21. The fourth-order valence-electron chi connectivity index (χ4n) is 3.10. The predicted octanol–water partition coefficient (Wildman–Crippen LogP) is 4.13. The zero-order valence-corrected chi connectivity index (χ0v) is 13.8. The fraction of sp³-hybridized carbons (Fsp3) is 0.444. The SMILES string of the molecule is Cc1cc(C)cc(Nc2ncnc(OC3CCCCC3)c2N)c1. The molecule has 0 saturated heterocycles. The minimum Gasteiger partial charge on any atom is -0.473 e. The summed E-state index contributed by atoms with van der Waals surface area (Å²) in [5.74, 6) is 1.08. The van der Waals surface area contributed by atoms with Crippen molar-refractivity contribution >= 4 is 17.2 Å². The molecule has 1 aliphatic rings. The molecule has 0 amide bonds. The Hall–Kier alpha value is -2.30. The smallest absolute Gasteiger partial charge is 0.242 e. The van der Waals surface area contributed by atoms with Crippen LogP contribution >= 0.6 is 0 Å². The van der Waals surface area contributed by atoms with Crippen LogP contribution in [0, 0.1) is 13.8 Å². The lowest BCUT2D eigenvalue weighted by Gasteiger charge is -2.23. The van der Waals surface area contributed by atoms with Gasteiger partial charge in [0.15, 0.2) is 5.82 Å². The van der Waals surface area contributed by atoms with Crippen LogP contribution in [0.25, 0.3) is 0 Å². The molecule has 122 valence electrons. The van der Waals surface area contributed by atoms with Crippen molar-refractivity contribution in [1.82, 2.24) is 9.97 Å². The highest BCUT2D eigenvalue weighted by molar-refractivity contribution is 5.72. The minimum absolute atomic E-state index is 0.218. The van der Waals surface area contributed by atoms with Crippen LogP contribution < -0.4 is 15.8 Å². The molecule has 1 aromatic carbocycles. The number of nitrogens with zero attached hydrogens (tertiary/aromatic N) is 2. The first kappa shape index (κ1) is 15.6. The quantitative estimate of drug-likeness (QED) is 0.888. The highest BCUT2D eigenvalue weighted by Crippen LogP contribution is 2.31. The normalized spacial score (nSPS) is 15.4. The van der Waals surface area contributed by atoms with Crippen LogP contribution in [0.4, 0.5) is 17.2 Å². The third kappa shape index (κ3) is 3.92. The molecule has 0 unspecified atom stereocenters. The van der Waals surface area contributed by atoms with E-state index in [1.54, 1.807) is 0 Å². The number of ether oxygens (including phenoxy) is 1. The van der Waals surface area contributed by atoms with Gasteiger partial charge in [0.2, 0.25) is 5.88 Å². The van der Waals surface area contributed by atoms with Gasteiger partial charge >= 0.3 is 0 Å². The van der Waals surface area contributed by atoms with Gasteiger partial charge < -0.3 is 15.8 Å². The summed E-state index contributed by atoms with van der Waals surface area (Å²) in [6.45, 7) is 4.14. The Morgan fingerprint density at radius 3 is 2.43 bits per heavy atom. The monoisotopic (exact) mass is 312 g/mol. The first-order valence-electron chi connectivity index (χ1n) is 8.24. The largest absolute Gasteiger partial charge is 0.473 e. The molecule has 0 spiro atoms. The molecule has 1 saturated carbocycles. The van der Waals surface area contributed by atoms with Crippen LogP contribution in [0.5, 0.6) is 5.88 Å². The second-order valence-electron chi connectivity index (χ2n) is 6.32. The summed E-state index contributed by atoms with van der Waals surface area (Å²) in [7, 11) is 0. The summed E-state index contributed by atoms with van der Waals surface area (Å²) in [5.41, 5.74) is 10.0. The average Bonchev–Trinajstić information content (AvgIpc) is 2.51. The Labute approximate surface area is 137 Å². The number of aryl methyl sites for hydroxylation is 2. The number of nitrogens with one attached hydrogen (secondary N) is 1. The first-order chi connectivity index (χ1) is 11.1. The van der Waals surface area contributed by atoms with Crippen molar-refractivity contribution in [2.45, 2.75) is 52.1 Å². The van der Waals surface area contributed by atoms with Gasteiger partial charge in [-0.05, 0) is 62.8 Å². The van der Waals surface area contributed by atoms with Crippen molar-refractivity contribution in [3.05, 3.63) is 35.7 Å². The third-order valence-corrected chi connectivity index (χ3v) is 4.16. The Morgan fingerprint density at radius 2 is 1.74 bits per heavy atom. The minimum atomic E-state index is 0.218. The number of nitrogen functional groups attached to an aromatic ring is 1. The van der Waals surface area contributed by atoms with Gasteiger partial charge in [0.05, 0.1) is 0 Å². The number of rotatable bonds is 4. The Balaban J connectivity index is 1.78. The van der Waals surface area contributed by atoms with Crippen molar-refractivity contribution < 1.29 is 4.74 Å². The van der Waals surface area contributed by atoms with Gasteiger partial charge in [0, 0.05) is 5.69 Å². The number of hydrogen-bond acceptors (Lipinski definition) is 5. The van der Waals surface area contributed by atoms with E-state index >= 15 is 0 Å². The zero-order chi connectivity index (χ0) is 16.2. The van der Waals surface area contributed by atoms with Crippen LogP contribution in [0.2, 0.25) is 0 Å². The maximum Gasteiger partial charge on any atom is 0.242 e. The molecule has 5 nitrogen and oxygen atoms in total. The van der Waals surface area contributed by atoms with E-state index in [1.807, 2.05) is 0 Å². The van der Waals surface area contributed by atoms with Gasteiger partial charge in [-0.1, -0.05) is 12.5 Å². The first-order valence-corrected chi connectivity index (χ1v) is 8.24. The lowest BCUT2D eigenvalue weighted by Crippen LogP contribution is -2.21. The lowest BCUT2D eigenvalue weighted by atomic mass is 9.98. The molecule has 0 radical (unpaired) electrons. The van der Waals surface area contributed by atoms with E-state index in [2.05, 4.69) is 47.3 Å². The molecule has 2 aromatic rings. The van der Waals surface area contributed by atoms with Crippen LogP contribution in [0.3, 0.4) is 0 Å². The molecule has 0 atom stereocenters. The van der Waals surface area contributed by atoms with E-state index in [0.717, 1.165) is 18.5 Å². The Morgan fingerprint density at radius 1 is 1.04 bits per heavy atom. The summed E-state index contributed by atoms with van der Waals surface area (Å²) in [5, 5.41) is 3.28. The molecule has 5 heteroatoms. The third-order valence-electron chi connectivity index (χ3n) is 4.16. The molecule has 1 fully saturated rings. The van der Waals surface area contributed by atoms with Crippen LogP contribution in [-0.4, -0.2) is 16.1 Å². The van der Waals surface area contributed by atoms with E-state index in [4.69, 9.17) is 10.5 Å². The van der Waals surface area contributed by atoms with Gasteiger partial charge in [-0.25, -0.2) is 4.98 Å². The van der Waals surface area contributed by atoms with E-state index in [9.17, 15) is 0 Å². The number of nitrogens with two attached hydrogens (primary N) is 1. The van der Waals surface area contributed by atoms with E-state index < -0.39 is 0 Å². The molecule has 3 N–H and O–H groups in total. The van der Waals surface area contributed by atoms with Gasteiger partial charge in [0.1, 0.15) is 18.1 Å². The number of aromatic nitrogens is 2. The number of benzene rings is 1. The summed E-state index contributed by atoms with van der Waals surface area (Å²) in [6.07, 6.45) is 7.58. The highest BCUT2D eigenvalue weighted by atomic mass is 16.5. The molecule has 1 heterocycles. The van der Waals surface area contributed by atoms with Crippen LogP contribution in [-0.2, 0) is 0 Å². The summed E-state index contributed by atoms with van der Waals surface area (Å²) in [4.78, 5) is 8.47. The van der Waals surface area contributed by atoms with Crippen molar-refractivity contribution in [3.63, 3.8) is 0 Å². The van der Waals surface area contributed by atoms with E-state index in [1.165, 1.54) is 36.7 Å². The Bertz CT molecular complexity index is 660. The summed E-state index contributed by atoms with van der Waals surface area (Å²) >= 11 is 0. The maximum absolute atomic E-state index is 6.21. The van der Waals surface area contributed by atoms with E-state index in [-0.39, 0.29) is 6.10 Å². The summed E-state index contributed by atoms with van der Waals surface area (Å²) < 4.78 is 6.00. The van der Waals surface area contributed by atoms with Crippen LogP contribution in [0.1, 0.15) is 43.2 Å². The second-order valence-corrected chi connectivity index (χ2v) is 6.32. The second kappa shape index (κ2) is 6.86. The van der Waals surface area contributed by atoms with Crippen molar-refractivity contribution in [2.24, 2.45) is 0 Å². The van der Waals surface area contributed by atoms with Gasteiger partial charge in [-0.15, -0.1) is 0 Å². The zero-order valence-electron chi connectivity index (χ0n) is 13.8. The molecule has 0 aliphatic heterocycles. The number of anilines is 3. The number of hydrogen-bond donors (Lipinski definition) is 2. The topological polar surface area (TPSA) is 73.1 Å². The highest BCUT2D eigenvalue weighted by Gasteiger charge is 2.18. The molecular weight excluding hydrogens is 288 g/mol. The average molecular weight is 312 g/mol. The van der Waals surface area contributed by atoms with Crippen molar-refractivity contribution in [2.75, 3.05) is 11.1 Å². The van der Waals surface area contributed by atoms with Crippen molar-refractivity contribution in [3.8, 4) is 5.88 Å². The molecular formula is C18H24N4O. The molecule has 23 heavy (non-hydrogen) atoms.